The van der Waals surface area contributed by atoms with Crippen LogP contribution in [0.5, 0.6) is 0 Å². The zero-order valence-corrected chi connectivity index (χ0v) is 18.2. The first-order valence-electron chi connectivity index (χ1n) is 9.16. The summed E-state index contributed by atoms with van der Waals surface area (Å²) in [6.45, 7) is 4.97. The van der Waals surface area contributed by atoms with Crippen LogP contribution in [-0.2, 0) is 17.7 Å². The molecule has 4 aromatic heterocycles. The van der Waals surface area contributed by atoms with Crippen LogP contribution in [0.3, 0.4) is 0 Å². The van der Waals surface area contributed by atoms with E-state index in [0.717, 1.165) is 51.7 Å². The molecule has 6 nitrogen and oxygen atoms in total. The molecule has 4 rings (SSSR count). The maximum Gasteiger partial charge on any atom is 0.232 e. The molecule has 0 aliphatic heterocycles. The normalized spacial score (nSPS) is 12.7. The molecule has 4 heterocycles. The number of nitrogen functional groups attached to an aromatic ring is 1. The van der Waals surface area contributed by atoms with Crippen molar-refractivity contribution < 1.29 is 4.55 Å². The number of rotatable bonds is 7. The van der Waals surface area contributed by atoms with E-state index in [0.29, 0.717) is 15.6 Å². The number of pyridine rings is 1. The second-order valence-corrected chi connectivity index (χ2v) is 9.98. The number of thiazole rings is 1. The van der Waals surface area contributed by atoms with Crippen LogP contribution in [0.1, 0.15) is 26.7 Å². The number of nitrogens with zero attached hydrogens (tertiary/aromatic N) is 4. The number of anilines is 1. The number of aryl methyl sites for hydroxylation is 1. The summed E-state index contributed by atoms with van der Waals surface area (Å²) in [5.74, 6) is 1.45. The number of aromatic nitrogens is 4. The van der Waals surface area contributed by atoms with Gasteiger partial charge in [0.05, 0.1) is 5.39 Å². The maximum atomic E-state index is 12.8. The van der Waals surface area contributed by atoms with Gasteiger partial charge in [0.1, 0.15) is 32.8 Å². The van der Waals surface area contributed by atoms with Crippen LogP contribution in [0.25, 0.3) is 32.3 Å². The van der Waals surface area contributed by atoms with Crippen molar-refractivity contribution in [3.8, 4) is 22.1 Å². The molecule has 0 aliphatic rings. The van der Waals surface area contributed by atoms with Gasteiger partial charge in [0.15, 0.2) is 0 Å². The minimum Gasteiger partial charge on any atom is -0.611 e. The summed E-state index contributed by atoms with van der Waals surface area (Å²) >= 11 is 1.84. The van der Waals surface area contributed by atoms with E-state index in [1.165, 1.54) is 11.3 Å². The van der Waals surface area contributed by atoms with Crippen molar-refractivity contribution in [1.29, 1.82) is 0 Å². The Kier molecular flexibility index (Phi) is 5.68. The zero-order valence-electron chi connectivity index (χ0n) is 15.7. The standard InChI is InChI=1S/C19H21N5OS3/c1-3-5-10-28(25)19-15(20)14-12(16-21-6-8-24(16)4-2)11-13(23-18(14)27-19)17-22-7-9-26-17/h6-9,11H,3-5,10,20H2,1-2H3/t28-/m1/s1. The van der Waals surface area contributed by atoms with Crippen molar-refractivity contribution in [3.63, 3.8) is 0 Å². The number of hydrogen-bond donors (Lipinski definition) is 1. The van der Waals surface area contributed by atoms with E-state index in [2.05, 4.69) is 28.4 Å². The van der Waals surface area contributed by atoms with Crippen molar-refractivity contribution >= 4 is 49.8 Å². The molecule has 0 amide bonds. The Morgan fingerprint density at radius 1 is 1.25 bits per heavy atom. The van der Waals surface area contributed by atoms with Crippen LogP contribution >= 0.6 is 22.7 Å². The molecule has 28 heavy (non-hydrogen) atoms. The largest absolute Gasteiger partial charge is 0.611 e. The number of hydrogen-bond acceptors (Lipinski definition) is 7. The van der Waals surface area contributed by atoms with Gasteiger partial charge in [-0.05, 0) is 30.6 Å². The number of unbranched alkanes of at least 4 members (excludes halogenated alkanes) is 1. The Morgan fingerprint density at radius 2 is 2.11 bits per heavy atom. The van der Waals surface area contributed by atoms with E-state index >= 15 is 0 Å². The summed E-state index contributed by atoms with van der Waals surface area (Å²) in [5, 5.41) is 3.62. The van der Waals surface area contributed by atoms with Crippen LogP contribution in [0.4, 0.5) is 5.69 Å². The van der Waals surface area contributed by atoms with Gasteiger partial charge in [-0.25, -0.2) is 15.0 Å². The molecular formula is C19H21N5OS3. The lowest BCUT2D eigenvalue weighted by Gasteiger charge is -2.09. The maximum absolute atomic E-state index is 12.8. The fraction of sp³-hybridized carbons (Fsp3) is 0.316. The summed E-state index contributed by atoms with van der Waals surface area (Å²) in [7, 11) is 0. The Bertz CT molecular complexity index is 1090. The number of thiophene rings is 1. The van der Waals surface area contributed by atoms with Gasteiger partial charge in [-0.3, -0.25) is 0 Å². The third kappa shape index (κ3) is 3.43. The van der Waals surface area contributed by atoms with Gasteiger partial charge in [0.2, 0.25) is 4.21 Å². The number of nitrogens with two attached hydrogens (primary N) is 1. The summed E-state index contributed by atoms with van der Waals surface area (Å²) in [6.07, 6.45) is 7.42. The van der Waals surface area contributed by atoms with Crippen LogP contribution in [-0.4, -0.2) is 29.8 Å². The molecule has 0 bridgehead atoms. The molecule has 2 N–H and O–H groups in total. The molecule has 4 aromatic rings. The summed E-state index contributed by atoms with van der Waals surface area (Å²) in [5.41, 5.74) is 8.77. The monoisotopic (exact) mass is 431 g/mol. The molecule has 0 aromatic carbocycles. The number of fused-ring (bicyclic) bond motifs is 1. The molecular weight excluding hydrogens is 410 g/mol. The zero-order chi connectivity index (χ0) is 19.7. The summed E-state index contributed by atoms with van der Waals surface area (Å²) in [6, 6.07) is 2.00. The van der Waals surface area contributed by atoms with Crippen molar-refractivity contribution in [3.05, 3.63) is 30.0 Å². The molecule has 0 aliphatic carbocycles. The first kappa shape index (κ1) is 19.4. The molecule has 0 saturated heterocycles. The lowest BCUT2D eigenvalue weighted by Crippen LogP contribution is -2.07. The lowest BCUT2D eigenvalue weighted by atomic mass is 10.1. The van der Waals surface area contributed by atoms with Gasteiger partial charge in [-0.2, -0.15) is 0 Å². The van der Waals surface area contributed by atoms with E-state index in [4.69, 9.17) is 10.7 Å². The SMILES string of the molecule is CCCC[S@@+]([O-])c1sc2nc(-c3nccs3)cc(-c3nccn3CC)c2c1N. The van der Waals surface area contributed by atoms with Crippen molar-refractivity contribution in [1.82, 2.24) is 19.5 Å². The molecule has 0 spiro atoms. The third-order valence-electron chi connectivity index (χ3n) is 4.50. The predicted octanol–water partition coefficient (Wildman–Crippen LogP) is 4.79. The molecule has 1 atom stereocenters. The van der Waals surface area contributed by atoms with E-state index in [1.807, 2.05) is 17.6 Å². The minimum absolute atomic E-state index is 0.563. The van der Waals surface area contributed by atoms with Crippen molar-refractivity contribution in [2.45, 2.75) is 37.4 Å². The Labute approximate surface area is 174 Å². The Morgan fingerprint density at radius 3 is 2.82 bits per heavy atom. The highest BCUT2D eigenvalue weighted by molar-refractivity contribution is 7.93. The molecule has 0 radical (unpaired) electrons. The van der Waals surface area contributed by atoms with E-state index in [-0.39, 0.29) is 0 Å². The molecule has 0 saturated carbocycles. The van der Waals surface area contributed by atoms with E-state index in [1.54, 1.807) is 23.7 Å². The Hall–Kier alpha value is -1.94. The van der Waals surface area contributed by atoms with Gasteiger partial charge in [0, 0.05) is 36.1 Å². The van der Waals surface area contributed by atoms with Gasteiger partial charge in [-0.1, -0.05) is 24.7 Å². The minimum atomic E-state index is -1.12. The first-order valence-corrected chi connectivity index (χ1v) is 12.2. The van der Waals surface area contributed by atoms with Gasteiger partial charge in [-0.15, -0.1) is 11.3 Å². The van der Waals surface area contributed by atoms with Gasteiger partial charge < -0.3 is 14.9 Å². The van der Waals surface area contributed by atoms with Crippen molar-refractivity contribution in [2.24, 2.45) is 0 Å². The van der Waals surface area contributed by atoms with Crippen molar-refractivity contribution in [2.75, 3.05) is 11.5 Å². The fourth-order valence-electron chi connectivity index (χ4n) is 3.08. The lowest BCUT2D eigenvalue weighted by molar-refractivity contribution is 0.594. The molecule has 9 heteroatoms. The Balaban J connectivity index is 1.95. The highest BCUT2D eigenvalue weighted by Crippen LogP contribution is 2.43. The van der Waals surface area contributed by atoms with Crippen LogP contribution in [0.15, 0.2) is 34.2 Å². The van der Waals surface area contributed by atoms with E-state index < -0.39 is 11.2 Å². The second kappa shape index (κ2) is 8.20. The number of imidazole rings is 1. The predicted molar refractivity (Wildman–Crippen MR) is 118 cm³/mol. The second-order valence-electron chi connectivity index (χ2n) is 6.32. The first-order chi connectivity index (χ1) is 13.6. The highest BCUT2D eigenvalue weighted by atomic mass is 32.2. The van der Waals surface area contributed by atoms with Crippen LogP contribution in [0.2, 0.25) is 0 Å². The highest BCUT2D eigenvalue weighted by Gasteiger charge is 2.26. The smallest absolute Gasteiger partial charge is 0.232 e. The quantitative estimate of drug-likeness (QED) is 0.425. The van der Waals surface area contributed by atoms with E-state index in [9.17, 15) is 4.55 Å². The fourth-order valence-corrected chi connectivity index (χ4v) is 6.48. The van der Waals surface area contributed by atoms with Crippen LogP contribution < -0.4 is 5.73 Å². The van der Waals surface area contributed by atoms with Crippen LogP contribution in [0, 0.1) is 0 Å². The van der Waals surface area contributed by atoms with Gasteiger partial charge in [0.25, 0.3) is 0 Å². The molecule has 146 valence electrons. The summed E-state index contributed by atoms with van der Waals surface area (Å²) < 4.78 is 15.6. The third-order valence-corrected chi connectivity index (χ3v) is 8.29. The average molecular weight is 432 g/mol. The summed E-state index contributed by atoms with van der Waals surface area (Å²) in [4.78, 5) is 14.6. The molecule has 0 fully saturated rings. The molecule has 0 unspecified atom stereocenters. The van der Waals surface area contributed by atoms with Gasteiger partial charge >= 0.3 is 0 Å². The topological polar surface area (TPSA) is 92.7 Å². The average Bonchev–Trinajstić information content (AvgIpc) is 3.45.